The van der Waals surface area contributed by atoms with Gasteiger partial charge in [-0.2, -0.15) is 0 Å². The van der Waals surface area contributed by atoms with Crippen LogP contribution >= 0.6 is 0 Å². The first-order chi connectivity index (χ1) is 30.7. The number of benzene rings is 1. The van der Waals surface area contributed by atoms with Crippen LogP contribution < -0.4 is 11.0 Å². The number of aromatic nitrogens is 1. The van der Waals surface area contributed by atoms with Crippen LogP contribution in [0.2, 0.25) is 0 Å². The van der Waals surface area contributed by atoms with Crippen LogP contribution in [0.4, 0.5) is 4.39 Å². The van der Waals surface area contributed by atoms with Crippen molar-refractivity contribution in [2.45, 2.75) is 147 Å². The van der Waals surface area contributed by atoms with Gasteiger partial charge in [-0.25, -0.2) is 4.39 Å². The van der Waals surface area contributed by atoms with Crippen LogP contribution in [-0.4, -0.2) is 142 Å². The fraction of sp³-hybridized carbons (Fsp3) is 0.667. The zero-order chi connectivity index (χ0) is 48.0. The number of esters is 1. The molecule has 5 N–H and O–H groups in total. The molecule has 1 aromatic carbocycles. The summed E-state index contributed by atoms with van der Waals surface area (Å²) in [5.74, 6) is -5.96. The lowest BCUT2D eigenvalue weighted by Gasteiger charge is -2.47. The van der Waals surface area contributed by atoms with Crippen molar-refractivity contribution >= 4 is 17.5 Å². The van der Waals surface area contributed by atoms with Crippen LogP contribution in [0.15, 0.2) is 60.7 Å². The van der Waals surface area contributed by atoms with E-state index in [0.29, 0.717) is 19.4 Å². The van der Waals surface area contributed by atoms with E-state index in [4.69, 9.17) is 23.7 Å². The normalized spacial score (nSPS) is 35.3. The number of aliphatic hydroxyl groups excluding tert-OH is 2. The molecule has 0 unspecified atom stereocenters. The number of likely N-dealkylation sites (N-methyl/N-ethyl adjacent to an activating group) is 1. The minimum atomic E-state index is -1.99. The number of methoxy groups -OCH3 is 2. The summed E-state index contributed by atoms with van der Waals surface area (Å²) in [5, 5.41) is 36.4. The number of nitrogens with zero attached hydrogens (tertiary/aromatic N) is 3. The van der Waals surface area contributed by atoms with Crippen LogP contribution in [-0.2, 0) is 38.1 Å². The Hall–Kier alpha value is -3.91. The summed E-state index contributed by atoms with van der Waals surface area (Å²) in [6, 6.07) is 10.5. The van der Waals surface area contributed by atoms with Gasteiger partial charge in [0.1, 0.15) is 48.3 Å². The first-order valence-electron chi connectivity index (χ1n) is 22.7. The summed E-state index contributed by atoms with van der Waals surface area (Å²) >= 11 is 0. The highest BCUT2D eigenvalue weighted by atomic mass is 19.1. The van der Waals surface area contributed by atoms with Crippen LogP contribution in [0, 0.1) is 23.7 Å². The van der Waals surface area contributed by atoms with E-state index in [1.807, 2.05) is 61.5 Å². The molecular formula is C48H72FN5O11. The predicted molar refractivity (Wildman–Crippen MR) is 240 cm³/mol. The van der Waals surface area contributed by atoms with Crippen LogP contribution in [0.5, 0.6) is 0 Å². The smallest absolute Gasteiger partial charge is 0.316 e. The van der Waals surface area contributed by atoms with Gasteiger partial charge in [0.05, 0.1) is 23.9 Å². The van der Waals surface area contributed by atoms with Crippen molar-refractivity contribution in [3.8, 4) is 11.1 Å². The zero-order valence-electron chi connectivity index (χ0n) is 39.8. The number of alkyl halides is 1. The van der Waals surface area contributed by atoms with Crippen molar-refractivity contribution < 1.29 is 57.8 Å². The Bertz CT molecular complexity index is 1930. The van der Waals surface area contributed by atoms with E-state index in [1.165, 1.54) is 27.9 Å². The average molecular weight is 914 g/mol. The summed E-state index contributed by atoms with van der Waals surface area (Å²) in [7, 11) is 4.88. The van der Waals surface area contributed by atoms with E-state index < -0.39 is 102 Å². The fourth-order valence-corrected chi connectivity index (χ4v) is 9.71. The molecule has 3 aliphatic rings. The van der Waals surface area contributed by atoms with Gasteiger partial charge in [-0.05, 0) is 76.8 Å². The van der Waals surface area contributed by atoms with E-state index in [-0.39, 0.29) is 24.7 Å². The number of nitrogens with one attached hydrogen (secondary N) is 2. The molecular weight excluding hydrogens is 842 g/mol. The quantitative estimate of drug-likeness (QED) is 0.132. The molecule has 17 heteroatoms. The van der Waals surface area contributed by atoms with Crippen molar-refractivity contribution in [2.24, 2.45) is 23.7 Å². The van der Waals surface area contributed by atoms with E-state index in [9.17, 15) is 34.1 Å². The molecule has 0 amide bonds. The van der Waals surface area contributed by atoms with Crippen LogP contribution in [0.1, 0.15) is 92.7 Å². The van der Waals surface area contributed by atoms with E-state index in [2.05, 4.69) is 15.9 Å². The topological polar surface area (TPSA) is 201 Å². The summed E-state index contributed by atoms with van der Waals surface area (Å²) in [5.41, 5.74) is 6.43. The summed E-state index contributed by atoms with van der Waals surface area (Å²) < 4.78 is 45.3. The lowest BCUT2D eigenvalue weighted by molar-refractivity contribution is -0.296. The molecule has 0 spiro atoms. The van der Waals surface area contributed by atoms with Crippen molar-refractivity contribution in [1.29, 1.82) is 0 Å². The number of rotatable bonds is 14. The van der Waals surface area contributed by atoms with E-state index >= 15 is 0 Å². The number of carbonyl (C=O) groups excluding carboxylic acids is 3. The molecule has 3 aliphatic heterocycles. The molecule has 0 bridgehead atoms. The van der Waals surface area contributed by atoms with Crippen molar-refractivity contribution in [3.05, 3.63) is 66.3 Å². The Balaban J connectivity index is 1.31. The second-order valence-electron chi connectivity index (χ2n) is 18.7. The third-order valence-electron chi connectivity index (χ3n) is 13.9. The Kier molecular flexibility index (Phi) is 17.8. The molecule has 0 saturated carbocycles. The number of aliphatic hydroxyl groups is 3. The third-order valence-corrected chi connectivity index (χ3v) is 13.9. The number of hydrogen-bond donors (Lipinski definition) is 5. The van der Waals surface area contributed by atoms with Gasteiger partial charge in [0.15, 0.2) is 12.1 Å². The average Bonchev–Trinajstić information content (AvgIpc) is 3.78. The van der Waals surface area contributed by atoms with Gasteiger partial charge in [-0.3, -0.25) is 24.4 Å². The number of hydrogen-bond acceptors (Lipinski definition) is 16. The monoisotopic (exact) mass is 914 g/mol. The lowest BCUT2D eigenvalue weighted by atomic mass is 9.74. The first kappa shape index (κ1) is 52.1. The number of hydrazine groups is 2. The second-order valence-corrected chi connectivity index (χ2v) is 18.7. The molecule has 5 rings (SSSR count). The Morgan fingerprint density at radius 2 is 1.71 bits per heavy atom. The van der Waals surface area contributed by atoms with Crippen molar-refractivity contribution in [3.63, 3.8) is 0 Å². The van der Waals surface area contributed by atoms with Gasteiger partial charge in [0.2, 0.25) is 0 Å². The largest absolute Gasteiger partial charge is 0.459 e. The molecule has 2 saturated heterocycles. The highest BCUT2D eigenvalue weighted by Gasteiger charge is 2.52. The van der Waals surface area contributed by atoms with Gasteiger partial charge in [0, 0.05) is 75.3 Å². The van der Waals surface area contributed by atoms with Crippen LogP contribution in [0.3, 0.4) is 0 Å². The summed E-state index contributed by atoms with van der Waals surface area (Å²) in [6.07, 6.45) is -0.970. The number of ketones is 2. The molecule has 4 heterocycles. The molecule has 2 fully saturated rings. The Labute approximate surface area is 383 Å². The van der Waals surface area contributed by atoms with Gasteiger partial charge in [-0.15, -0.1) is 5.53 Å². The van der Waals surface area contributed by atoms with Crippen LogP contribution in [0.25, 0.3) is 11.1 Å². The molecule has 0 radical (unpaired) electrons. The molecule has 1 aromatic heterocycles. The predicted octanol–water partition coefficient (Wildman–Crippen LogP) is 4.44. The molecule has 362 valence electrons. The maximum atomic E-state index is 14.8. The number of cyclic esters (lactones) is 1. The maximum absolute atomic E-state index is 14.8. The van der Waals surface area contributed by atoms with Gasteiger partial charge in [0.25, 0.3) is 0 Å². The molecule has 15 atom stereocenters. The van der Waals surface area contributed by atoms with E-state index in [0.717, 1.165) is 22.4 Å². The maximum Gasteiger partial charge on any atom is 0.316 e. The first-order valence-corrected chi connectivity index (χ1v) is 22.7. The Morgan fingerprint density at radius 1 is 1.02 bits per heavy atom. The third kappa shape index (κ3) is 11.6. The molecule has 0 aliphatic carbocycles. The number of carbonyl (C=O) groups is 3. The molecule has 16 nitrogen and oxygen atoms in total. The van der Waals surface area contributed by atoms with E-state index in [1.54, 1.807) is 52.2 Å². The second kappa shape index (κ2) is 22.3. The number of pyridine rings is 1. The number of ether oxygens (including phenoxy) is 5. The minimum absolute atomic E-state index is 0.0293. The van der Waals surface area contributed by atoms with Gasteiger partial charge >= 0.3 is 5.97 Å². The fourth-order valence-electron chi connectivity index (χ4n) is 9.71. The van der Waals surface area contributed by atoms with Gasteiger partial charge in [-0.1, -0.05) is 58.0 Å². The molecule has 65 heavy (non-hydrogen) atoms. The van der Waals surface area contributed by atoms with Gasteiger partial charge < -0.3 is 49.3 Å². The highest BCUT2D eigenvalue weighted by molar-refractivity contribution is 6.00. The summed E-state index contributed by atoms with van der Waals surface area (Å²) in [4.78, 5) is 47.9. The number of Topliss-reactive ketones (excluding diaryl/α,β-unsaturated/α-hetero) is 2. The summed E-state index contributed by atoms with van der Waals surface area (Å²) in [6.45, 7) is 12.6. The lowest BCUT2D eigenvalue weighted by Crippen LogP contribution is -2.60. The van der Waals surface area contributed by atoms with Crippen molar-refractivity contribution in [2.75, 3.05) is 34.5 Å². The highest BCUT2D eigenvalue weighted by Crippen LogP contribution is 2.39. The van der Waals surface area contributed by atoms with Crippen molar-refractivity contribution in [1.82, 2.24) is 25.9 Å². The molecule has 2 aromatic rings. The SMILES string of the molecule is CC[C@H]1OC(=O)[C@H](C)C(=O)[C@H](C)[C@@H](O[C@@H]2O[C@H](C)C[C@H](N(C)CCC3=CN([C@H](CF)[C@H](OC)c4ccc(-c5cccnc5)cc4)NN3)[C@H]2O)[C@](C)(OC)C[C@@H](C)C(=O)[C@H](C)[C@@H](O)[C@]1(C)O. The standard InChI is InChI=1S/C48H72FN5O11/c1-12-38-48(8,60)43(58)29(4)39(55)27(2)23-47(7,62-11)44(30(5)40(56)31(6)45(59)64-38)65-46-41(57)36(22-28(3)63-46)53(9)21-19-35-26-54(52-51-35)37(24-49)42(61-10)33-17-15-32(16-18-33)34-14-13-20-50-25-34/h13-18,20,25-31,36-38,41-44,46,51-52,57-58,60H,12,19,21-24H2,1-11H3/t27-,28-,29+,30+,31-,36+,37-,38-,41-,42-,43-,44-,46+,47-,48-/m1/s1. The minimum Gasteiger partial charge on any atom is -0.459 e. The Morgan fingerprint density at radius 3 is 2.31 bits per heavy atom. The number of halogens is 1. The zero-order valence-corrected chi connectivity index (χ0v) is 39.8.